The number of amides is 2. The van der Waals surface area contributed by atoms with Gasteiger partial charge in [0.05, 0.1) is 14.2 Å². The summed E-state index contributed by atoms with van der Waals surface area (Å²) in [4.78, 5) is 11.8. The summed E-state index contributed by atoms with van der Waals surface area (Å²) in [5.74, 6) is 1.39. The fraction of sp³-hybridized carbons (Fsp3) is 0.588. The molecule has 0 bridgehead atoms. The molecule has 5 heteroatoms. The van der Waals surface area contributed by atoms with E-state index in [4.69, 9.17) is 9.47 Å². The summed E-state index contributed by atoms with van der Waals surface area (Å²) in [6.45, 7) is 8.72. The third kappa shape index (κ3) is 4.83. The first-order valence-electron chi connectivity index (χ1n) is 7.61. The first-order valence-corrected chi connectivity index (χ1v) is 7.61. The van der Waals surface area contributed by atoms with E-state index in [-0.39, 0.29) is 17.5 Å². The van der Waals surface area contributed by atoms with Crippen molar-refractivity contribution in [1.29, 1.82) is 0 Å². The van der Waals surface area contributed by atoms with E-state index in [1.807, 2.05) is 32.0 Å². The summed E-state index contributed by atoms with van der Waals surface area (Å²) in [7, 11) is 3.23. The molecular weight excluding hydrogens is 280 g/mol. The molecule has 22 heavy (non-hydrogen) atoms. The van der Waals surface area contributed by atoms with Gasteiger partial charge in [-0.15, -0.1) is 0 Å². The van der Waals surface area contributed by atoms with Gasteiger partial charge in [0.25, 0.3) is 0 Å². The van der Waals surface area contributed by atoms with Gasteiger partial charge in [0.1, 0.15) is 0 Å². The van der Waals surface area contributed by atoms with Crippen LogP contribution < -0.4 is 20.1 Å². The third-order valence-electron chi connectivity index (χ3n) is 3.85. The van der Waals surface area contributed by atoms with Crippen molar-refractivity contribution >= 4 is 6.03 Å². The maximum absolute atomic E-state index is 11.8. The number of carbonyl (C=O) groups is 1. The first-order chi connectivity index (χ1) is 10.3. The van der Waals surface area contributed by atoms with Gasteiger partial charge in [-0.3, -0.25) is 0 Å². The van der Waals surface area contributed by atoms with Gasteiger partial charge in [-0.2, -0.15) is 0 Å². The molecule has 1 unspecified atom stereocenters. The summed E-state index contributed by atoms with van der Waals surface area (Å²) in [6.07, 6.45) is 0.909. The van der Waals surface area contributed by atoms with Crippen molar-refractivity contribution in [1.82, 2.24) is 10.6 Å². The minimum atomic E-state index is -0.216. The summed E-state index contributed by atoms with van der Waals surface area (Å²) >= 11 is 0. The summed E-state index contributed by atoms with van der Waals surface area (Å²) in [6, 6.07) is 5.87. The van der Waals surface area contributed by atoms with Crippen LogP contribution in [0.5, 0.6) is 11.5 Å². The summed E-state index contributed by atoms with van der Waals surface area (Å²) < 4.78 is 10.6. The minimum absolute atomic E-state index is 0.136. The molecule has 0 aromatic heterocycles. The van der Waals surface area contributed by atoms with Gasteiger partial charge in [-0.1, -0.05) is 26.8 Å². The van der Waals surface area contributed by atoms with E-state index in [0.717, 1.165) is 12.0 Å². The lowest BCUT2D eigenvalue weighted by molar-refractivity contribution is 0.235. The van der Waals surface area contributed by atoms with E-state index in [1.54, 1.807) is 14.2 Å². The Morgan fingerprint density at radius 1 is 1.23 bits per heavy atom. The normalized spacial score (nSPS) is 12.5. The van der Waals surface area contributed by atoms with E-state index in [0.29, 0.717) is 18.0 Å². The van der Waals surface area contributed by atoms with Crippen LogP contribution in [0.25, 0.3) is 0 Å². The van der Waals surface area contributed by atoms with Gasteiger partial charge < -0.3 is 20.1 Å². The minimum Gasteiger partial charge on any atom is -0.493 e. The predicted molar refractivity (Wildman–Crippen MR) is 88.9 cm³/mol. The summed E-state index contributed by atoms with van der Waals surface area (Å²) in [5, 5.41) is 5.83. The molecule has 0 heterocycles. The highest BCUT2D eigenvalue weighted by Gasteiger charge is 2.23. The molecule has 1 aromatic carbocycles. The quantitative estimate of drug-likeness (QED) is 0.814. The maximum atomic E-state index is 11.8. The molecule has 2 N–H and O–H groups in total. The Morgan fingerprint density at radius 3 is 2.41 bits per heavy atom. The molecule has 0 aliphatic rings. The van der Waals surface area contributed by atoms with Crippen LogP contribution >= 0.6 is 0 Å². The predicted octanol–water partition coefficient (Wildman–Crippen LogP) is 3.08. The molecule has 5 nitrogen and oxygen atoms in total. The van der Waals surface area contributed by atoms with Crippen molar-refractivity contribution in [3.8, 4) is 11.5 Å². The summed E-state index contributed by atoms with van der Waals surface area (Å²) in [5.41, 5.74) is 0.862. The number of benzene rings is 1. The highest BCUT2D eigenvalue weighted by atomic mass is 16.5. The second-order valence-corrected chi connectivity index (χ2v) is 6.09. The molecule has 2 amide bonds. The van der Waals surface area contributed by atoms with Crippen molar-refractivity contribution in [2.75, 3.05) is 20.8 Å². The Kier molecular flexibility index (Phi) is 6.53. The van der Waals surface area contributed by atoms with Crippen LogP contribution in [0, 0.1) is 0 Å². The molecule has 0 aliphatic heterocycles. The van der Waals surface area contributed by atoms with Crippen LogP contribution in [0.15, 0.2) is 18.2 Å². The fourth-order valence-corrected chi connectivity index (χ4v) is 2.04. The number of urea groups is 1. The Morgan fingerprint density at radius 2 is 1.86 bits per heavy atom. The Hall–Kier alpha value is -1.91. The molecule has 1 rings (SSSR count). The fourth-order valence-electron chi connectivity index (χ4n) is 2.04. The van der Waals surface area contributed by atoms with Gasteiger partial charge in [0.15, 0.2) is 11.5 Å². The van der Waals surface area contributed by atoms with Gasteiger partial charge in [-0.05, 0) is 31.0 Å². The lowest BCUT2D eigenvalue weighted by Crippen LogP contribution is -2.45. The molecule has 1 atom stereocenters. The molecule has 1 aromatic rings. The van der Waals surface area contributed by atoms with E-state index >= 15 is 0 Å². The Labute approximate surface area is 133 Å². The second kappa shape index (κ2) is 7.92. The monoisotopic (exact) mass is 308 g/mol. The van der Waals surface area contributed by atoms with Crippen LogP contribution in [0.1, 0.15) is 39.7 Å². The highest BCUT2D eigenvalue weighted by Crippen LogP contribution is 2.32. The molecule has 0 saturated heterocycles. The largest absolute Gasteiger partial charge is 0.493 e. The first kappa shape index (κ1) is 18.1. The molecular formula is C17H28N2O3. The standard InChI is InChI=1S/C17H28N2O3/c1-7-12(2)19-16(20)18-11-17(3,4)13-8-9-14(21-5)15(10-13)22-6/h8-10,12H,7,11H2,1-6H3,(H2,18,19,20). The Bertz CT molecular complexity index is 501. The smallest absolute Gasteiger partial charge is 0.315 e. The molecule has 0 radical (unpaired) electrons. The average molecular weight is 308 g/mol. The average Bonchev–Trinajstić information content (AvgIpc) is 2.52. The second-order valence-electron chi connectivity index (χ2n) is 6.09. The Balaban J connectivity index is 2.75. The van der Waals surface area contributed by atoms with Gasteiger partial charge in [0, 0.05) is 18.0 Å². The van der Waals surface area contributed by atoms with Gasteiger partial charge >= 0.3 is 6.03 Å². The number of methoxy groups -OCH3 is 2. The van der Waals surface area contributed by atoms with Gasteiger partial charge in [-0.25, -0.2) is 4.79 Å². The lowest BCUT2D eigenvalue weighted by atomic mass is 9.84. The SMILES string of the molecule is CCC(C)NC(=O)NCC(C)(C)c1ccc(OC)c(OC)c1. The van der Waals surface area contributed by atoms with Crippen LogP contribution in [0.3, 0.4) is 0 Å². The number of hydrogen-bond acceptors (Lipinski definition) is 3. The van der Waals surface area contributed by atoms with Crippen molar-refractivity contribution in [2.24, 2.45) is 0 Å². The van der Waals surface area contributed by atoms with Gasteiger partial charge in [0.2, 0.25) is 0 Å². The number of ether oxygens (including phenoxy) is 2. The zero-order valence-corrected chi connectivity index (χ0v) is 14.4. The van der Waals surface area contributed by atoms with Crippen molar-refractivity contribution < 1.29 is 14.3 Å². The molecule has 0 spiro atoms. The van der Waals surface area contributed by atoms with Crippen LogP contribution in [0.2, 0.25) is 0 Å². The van der Waals surface area contributed by atoms with Crippen molar-refractivity contribution in [3.63, 3.8) is 0 Å². The lowest BCUT2D eigenvalue weighted by Gasteiger charge is -2.27. The van der Waals surface area contributed by atoms with E-state index < -0.39 is 0 Å². The van der Waals surface area contributed by atoms with Crippen LogP contribution in [-0.2, 0) is 5.41 Å². The zero-order valence-electron chi connectivity index (χ0n) is 14.4. The third-order valence-corrected chi connectivity index (χ3v) is 3.85. The molecule has 0 saturated carbocycles. The van der Waals surface area contributed by atoms with E-state index in [9.17, 15) is 4.79 Å². The van der Waals surface area contributed by atoms with Crippen molar-refractivity contribution in [3.05, 3.63) is 23.8 Å². The van der Waals surface area contributed by atoms with Crippen LogP contribution in [-0.4, -0.2) is 32.8 Å². The van der Waals surface area contributed by atoms with Crippen molar-refractivity contribution in [2.45, 2.75) is 45.6 Å². The van der Waals surface area contributed by atoms with E-state index in [2.05, 4.69) is 24.5 Å². The molecule has 124 valence electrons. The number of carbonyl (C=O) groups excluding carboxylic acids is 1. The number of rotatable bonds is 7. The van der Waals surface area contributed by atoms with Crippen LogP contribution in [0.4, 0.5) is 4.79 Å². The topological polar surface area (TPSA) is 59.6 Å². The molecule has 0 aliphatic carbocycles. The maximum Gasteiger partial charge on any atom is 0.315 e. The zero-order chi connectivity index (χ0) is 16.8. The highest BCUT2D eigenvalue weighted by molar-refractivity contribution is 5.74. The molecule has 0 fully saturated rings. The number of nitrogens with one attached hydrogen (secondary N) is 2. The van der Waals surface area contributed by atoms with E-state index in [1.165, 1.54) is 0 Å². The number of hydrogen-bond donors (Lipinski definition) is 2.